The van der Waals surface area contributed by atoms with Gasteiger partial charge in [-0.05, 0) is 30.3 Å². The van der Waals surface area contributed by atoms with Gasteiger partial charge in [0.15, 0.2) is 0 Å². The molecule has 0 saturated carbocycles. The smallest absolute Gasteiger partial charge is 0.339 e. The lowest BCUT2D eigenvalue weighted by atomic mass is 9.87. The van der Waals surface area contributed by atoms with E-state index in [0.29, 0.717) is 28.4 Å². The Morgan fingerprint density at radius 3 is 2.53 bits per heavy atom. The number of nitrogens with zero attached hydrogens (tertiary/aromatic N) is 1. The summed E-state index contributed by atoms with van der Waals surface area (Å²) in [5.74, 6) is -1.24. The van der Waals surface area contributed by atoms with Gasteiger partial charge in [0, 0.05) is 35.9 Å². The highest BCUT2D eigenvalue weighted by molar-refractivity contribution is 6.04. The molecule has 0 radical (unpaired) electrons. The van der Waals surface area contributed by atoms with E-state index in [9.17, 15) is 19.1 Å². The Morgan fingerprint density at radius 1 is 1.17 bits per heavy atom. The average molecular weight is 410 g/mol. The number of aromatic carboxylic acids is 1. The van der Waals surface area contributed by atoms with E-state index in [-0.39, 0.29) is 23.6 Å². The number of ether oxygens (including phenoxy) is 2. The molecule has 1 aromatic heterocycles. The van der Waals surface area contributed by atoms with Gasteiger partial charge >= 0.3 is 5.97 Å². The predicted octanol–water partition coefficient (Wildman–Crippen LogP) is 3.81. The van der Waals surface area contributed by atoms with Gasteiger partial charge in [-0.2, -0.15) is 0 Å². The first kappa shape index (κ1) is 19.5. The van der Waals surface area contributed by atoms with Crippen LogP contribution in [0, 0.1) is 5.82 Å². The maximum atomic E-state index is 13.4. The maximum absolute atomic E-state index is 13.4. The quantitative estimate of drug-likeness (QED) is 0.668. The van der Waals surface area contributed by atoms with Gasteiger partial charge in [-0.3, -0.25) is 4.79 Å². The highest BCUT2D eigenvalue weighted by Crippen LogP contribution is 2.44. The molecule has 0 fully saturated rings. The molecule has 0 aliphatic carbocycles. The summed E-state index contributed by atoms with van der Waals surface area (Å²) in [5.41, 5.74) is 2.06. The van der Waals surface area contributed by atoms with Crippen molar-refractivity contribution >= 4 is 17.6 Å². The number of rotatable bonds is 5. The van der Waals surface area contributed by atoms with Gasteiger partial charge in [0.2, 0.25) is 5.91 Å². The summed E-state index contributed by atoms with van der Waals surface area (Å²) in [5, 5.41) is 12.4. The van der Waals surface area contributed by atoms with Crippen LogP contribution in [0.2, 0.25) is 0 Å². The van der Waals surface area contributed by atoms with Gasteiger partial charge < -0.3 is 24.5 Å². The monoisotopic (exact) mass is 410 g/mol. The normalized spacial score (nSPS) is 15.3. The zero-order chi connectivity index (χ0) is 21.4. The Morgan fingerprint density at radius 2 is 1.90 bits per heavy atom. The summed E-state index contributed by atoms with van der Waals surface area (Å²) in [4.78, 5) is 24.3. The Balaban J connectivity index is 1.96. The molecular weight excluding hydrogens is 391 g/mol. The van der Waals surface area contributed by atoms with Crippen LogP contribution >= 0.6 is 0 Å². The molecule has 0 saturated heterocycles. The molecule has 4 rings (SSSR count). The molecule has 2 heterocycles. The summed E-state index contributed by atoms with van der Waals surface area (Å²) < 4.78 is 25.9. The van der Waals surface area contributed by atoms with Crippen LogP contribution in [0.5, 0.6) is 11.5 Å². The first-order chi connectivity index (χ1) is 14.4. The minimum absolute atomic E-state index is 0.0418. The molecule has 1 aliphatic heterocycles. The number of hydrogen-bond acceptors (Lipinski definition) is 4. The second-order valence-electron chi connectivity index (χ2n) is 6.87. The fraction of sp³-hybridized carbons (Fsp3) is 0.182. The minimum atomic E-state index is -1.17. The molecule has 0 spiro atoms. The van der Waals surface area contributed by atoms with Crippen molar-refractivity contribution in [1.29, 1.82) is 0 Å². The van der Waals surface area contributed by atoms with Gasteiger partial charge in [0.25, 0.3) is 0 Å². The van der Waals surface area contributed by atoms with E-state index in [4.69, 9.17) is 9.47 Å². The lowest BCUT2D eigenvalue weighted by molar-refractivity contribution is -0.116. The number of hydrogen-bond donors (Lipinski definition) is 2. The molecule has 1 amide bonds. The van der Waals surface area contributed by atoms with Crippen molar-refractivity contribution < 1.29 is 28.6 Å². The fourth-order valence-corrected chi connectivity index (χ4v) is 3.81. The summed E-state index contributed by atoms with van der Waals surface area (Å²) in [7, 11) is 3.06. The Labute approximate surface area is 171 Å². The van der Waals surface area contributed by atoms with Gasteiger partial charge in [0.05, 0.1) is 25.6 Å². The third-order valence-electron chi connectivity index (χ3n) is 5.18. The van der Waals surface area contributed by atoms with E-state index in [1.807, 2.05) is 0 Å². The Hall–Kier alpha value is -3.81. The van der Waals surface area contributed by atoms with Gasteiger partial charge in [-0.15, -0.1) is 0 Å². The zero-order valence-corrected chi connectivity index (χ0v) is 16.3. The first-order valence-corrected chi connectivity index (χ1v) is 9.19. The summed E-state index contributed by atoms with van der Waals surface area (Å²) in [6.45, 7) is 0. The van der Waals surface area contributed by atoms with E-state index in [2.05, 4.69) is 5.32 Å². The third-order valence-corrected chi connectivity index (χ3v) is 5.18. The van der Waals surface area contributed by atoms with Crippen molar-refractivity contribution in [3.05, 3.63) is 71.3 Å². The lowest BCUT2D eigenvalue weighted by Gasteiger charge is -2.27. The number of carboxylic acid groups (broad SMARTS) is 1. The van der Waals surface area contributed by atoms with Crippen LogP contribution < -0.4 is 14.8 Å². The second kappa shape index (κ2) is 7.55. The Bertz CT molecular complexity index is 1140. The first-order valence-electron chi connectivity index (χ1n) is 9.19. The van der Waals surface area contributed by atoms with Crippen LogP contribution in [0.3, 0.4) is 0 Å². The van der Waals surface area contributed by atoms with Crippen LogP contribution in [-0.4, -0.2) is 35.8 Å². The van der Waals surface area contributed by atoms with Crippen molar-refractivity contribution in [2.24, 2.45) is 0 Å². The number of carbonyl (C=O) groups excluding carboxylic acids is 1. The molecular formula is C22H19FN2O5. The van der Waals surface area contributed by atoms with Crippen LogP contribution in [-0.2, 0) is 4.79 Å². The predicted molar refractivity (Wildman–Crippen MR) is 107 cm³/mol. The molecule has 2 N–H and O–H groups in total. The number of anilines is 1. The average Bonchev–Trinajstić information content (AvgIpc) is 3.12. The number of carbonyl (C=O) groups is 2. The van der Waals surface area contributed by atoms with Crippen molar-refractivity contribution in [1.82, 2.24) is 4.57 Å². The number of amides is 1. The number of halogens is 1. The molecule has 30 heavy (non-hydrogen) atoms. The number of nitrogens with one attached hydrogen (secondary N) is 1. The summed E-state index contributed by atoms with van der Waals surface area (Å²) in [6, 6.07) is 11.0. The standard InChI is InChI=1S/C22H19FN2O5/c1-29-14-7-8-15(18(9-14)30-2)16-10-19(26)24-20-17(22(27)28)11-25(21(16)20)13-5-3-12(23)4-6-13/h3-9,11,16H,10H2,1-2H3,(H,24,26)(H,27,28)/t16-/m0/s1. The van der Waals surface area contributed by atoms with Crippen LogP contribution in [0.15, 0.2) is 48.7 Å². The van der Waals surface area contributed by atoms with E-state index >= 15 is 0 Å². The number of fused-ring (bicyclic) bond motifs is 1. The Kier molecular flexibility index (Phi) is 4.91. The molecule has 154 valence electrons. The van der Waals surface area contributed by atoms with E-state index < -0.39 is 17.7 Å². The summed E-state index contributed by atoms with van der Waals surface area (Å²) in [6.07, 6.45) is 1.54. The van der Waals surface area contributed by atoms with E-state index in [0.717, 1.165) is 0 Å². The largest absolute Gasteiger partial charge is 0.497 e. The van der Waals surface area contributed by atoms with Crippen LogP contribution in [0.4, 0.5) is 10.1 Å². The third kappa shape index (κ3) is 3.26. The summed E-state index contributed by atoms with van der Waals surface area (Å²) >= 11 is 0. The molecule has 8 heteroatoms. The minimum Gasteiger partial charge on any atom is -0.497 e. The number of aromatic nitrogens is 1. The van der Waals surface area contributed by atoms with Crippen LogP contribution in [0.25, 0.3) is 5.69 Å². The molecule has 0 bridgehead atoms. The van der Waals surface area contributed by atoms with Gasteiger partial charge in [0.1, 0.15) is 22.9 Å². The van der Waals surface area contributed by atoms with Crippen molar-refractivity contribution in [3.8, 4) is 17.2 Å². The molecule has 1 aliphatic rings. The molecule has 0 unspecified atom stereocenters. The molecule has 7 nitrogen and oxygen atoms in total. The number of benzene rings is 2. The number of carboxylic acids is 1. The van der Waals surface area contributed by atoms with Gasteiger partial charge in [-0.25, -0.2) is 9.18 Å². The van der Waals surface area contributed by atoms with Crippen molar-refractivity contribution in [3.63, 3.8) is 0 Å². The highest BCUT2D eigenvalue weighted by atomic mass is 19.1. The molecule has 1 atom stereocenters. The fourth-order valence-electron chi connectivity index (χ4n) is 3.81. The van der Waals surface area contributed by atoms with E-state index in [1.165, 1.54) is 25.4 Å². The number of methoxy groups -OCH3 is 2. The highest BCUT2D eigenvalue weighted by Gasteiger charge is 2.35. The van der Waals surface area contributed by atoms with Gasteiger partial charge in [-0.1, -0.05) is 6.07 Å². The van der Waals surface area contributed by atoms with Crippen LogP contribution in [0.1, 0.15) is 34.0 Å². The maximum Gasteiger partial charge on any atom is 0.339 e. The lowest BCUT2D eigenvalue weighted by Crippen LogP contribution is -2.25. The second-order valence-corrected chi connectivity index (χ2v) is 6.87. The topological polar surface area (TPSA) is 89.8 Å². The molecule has 3 aromatic rings. The van der Waals surface area contributed by atoms with Crippen molar-refractivity contribution in [2.45, 2.75) is 12.3 Å². The SMILES string of the molecule is COc1ccc([C@@H]2CC(=O)Nc3c(C(=O)O)cn(-c4ccc(F)cc4)c32)c(OC)c1. The molecule has 2 aromatic carbocycles. The zero-order valence-electron chi connectivity index (χ0n) is 16.3. The van der Waals surface area contributed by atoms with E-state index in [1.54, 1.807) is 42.0 Å². The van der Waals surface area contributed by atoms with Crippen molar-refractivity contribution in [2.75, 3.05) is 19.5 Å².